The van der Waals surface area contributed by atoms with Gasteiger partial charge in [0.15, 0.2) is 0 Å². The number of benzene rings is 9. The van der Waals surface area contributed by atoms with Crippen LogP contribution in [-0.2, 0) is 0 Å². The Hall–Kier alpha value is -7.86. The van der Waals surface area contributed by atoms with Gasteiger partial charge in [-0.3, -0.25) is 0 Å². The van der Waals surface area contributed by atoms with E-state index >= 15 is 0 Å². The minimum absolute atomic E-state index is 0.858. The highest BCUT2D eigenvalue weighted by Crippen LogP contribution is 2.51. The quantitative estimate of drug-likeness (QED) is 0.174. The summed E-state index contributed by atoms with van der Waals surface area (Å²) in [6.45, 7) is 0. The molecule has 0 saturated heterocycles. The van der Waals surface area contributed by atoms with E-state index < -0.39 is 0 Å². The highest BCUT2D eigenvalue weighted by atomic mass is 32.1. The summed E-state index contributed by atoms with van der Waals surface area (Å²) in [6, 6.07) is 74.0. The van der Waals surface area contributed by atoms with Crippen molar-refractivity contribution in [3.8, 4) is 45.0 Å². The lowest BCUT2D eigenvalue weighted by molar-refractivity contribution is 1.15. The van der Waals surface area contributed by atoms with Crippen LogP contribution in [-0.4, -0.2) is 19.1 Å². The number of aromatic nitrogens is 4. The van der Waals surface area contributed by atoms with Gasteiger partial charge in [0.1, 0.15) is 0 Å². The zero-order valence-corrected chi connectivity index (χ0v) is 33.6. The van der Waals surface area contributed by atoms with Gasteiger partial charge in [0.05, 0.1) is 44.5 Å². The molecule has 9 aromatic carbocycles. The second kappa shape index (κ2) is 13.3. The van der Waals surface area contributed by atoms with E-state index in [-0.39, 0.29) is 0 Å². The predicted molar refractivity (Wildman–Crippen MR) is 257 cm³/mol. The van der Waals surface area contributed by atoms with Crippen molar-refractivity contribution in [2.75, 3.05) is 0 Å². The van der Waals surface area contributed by atoms with E-state index in [2.05, 4.69) is 191 Å². The first-order valence-corrected chi connectivity index (χ1v) is 21.5. The lowest BCUT2D eigenvalue weighted by atomic mass is 9.94. The van der Waals surface area contributed by atoms with Gasteiger partial charge >= 0.3 is 0 Å². The van der Waals surface area contributed by atoms with Gasteiger partial charge in [-0.05, 0) is 65.7 Å². The number of hydrogen-bond donors (Lipinski definition) is 0. The Morgan fingerprint density at radius 3 is 1.59 bits per heavy atom. The molecule has 0 aliphatic rings. The van der Waals surface area contributed by atoms with Crippen molar-refractivity contribution in [2.45, 2.75) is 0 Å². The van der Waals surface area contributed by atoms with Gasteiger partial charge in [-0.2, -0.15) is 0 Å². The van der Waals surface area contributed by atoms with Crippen LogP contribution >= 0.6 is 11.3 Å². The standard InChI is InChI=1S/C56H34N4S/c1-4-18-35(19-5-1)43-34-38(32-33-39(43)53-52(36-20-6-2-7-21-36)57-44-27-13-14-28-45(44)58-53)60-47-30-16-11-25-41(47)51-55(60)54-49(50-42-26-12-17-31-48(42)61-56(50)51)40-24-10-15-29-46(40)59(54)37-22-8-3-9-23-37/h1-34H. The SMILES string of the molecule is c1ccc(-c2cc(-n3c4ccccc4c4c5sc6ccccc6c5c5c6ccccc6n(-c6ccccc6)c5c43)ccc2-c2nc3ccccc3nc2-c2ccccc2)cc1. The van der Waals surface area contributed by atoms with Crippen LogP contribution in [0.3, 0.4) is 0 Å². The van der Waals surface area contributed by atoms with Gasteiger partial charge in [0.25, 0.3) is 0 Å². The Balaban J connectivity index is 1.21. The summed E-state index contributed by atoms with van der Waals surface area (Å²) in [5.74, 6) is 0. The van der Waals surface area contributed by atoms with Gasteiger partial charge in [-0.25, -0.2) is 9.97 Å². The van der Waals surface area contributed by atoms with Crippen molar-refractivity contribution in [3.63, 3.8) is 0 Å². The first kappa shape index (κ1) is 34.0. The fraction of sp³-hybridized carbons (Fsp3) is 0. The summed E-state index contributed by atoms with van der Waals surface area (Å²) in [6.07, 6.45) is 0. The molecule has 4 heterocycles. The number of rotatable bonds is 5. The average molecular weight is 795 g/mol. The molecular formula is C56H34N4S. The fourth-order valence-corrected chi connectivity index (χ4v) is 11.0. The molecular weight excluding hydrogens is 761 g/mol. The van der Waals surface area contributed by atoms with Crippen molar-refractivity contribution in [1.29, 1.82) is 0 Å². The van der Waals surface area contributed by atoms with Crippen molar-refractivity contribution in [2.24, 2.45) is 0 Å². The molecule has 0 bridgehead atoms. The molecule has 4 nitrogen and oxygen atoms in total. The molecule has 0 saturated carbocycles. The molecule has 0 aliphatic carbocycles. The Morgan fingerprint density at radius 2 is 0.885 bits per heavy atom. The highest BCUT2D eigenvalue weighted by molar-refractivity contribution is 7.27. The normalized spacial score (nSPS) is 11.9. The molecule has 0 fully saturated rings. The van der Waals surface area contributed by atoms with Crippen LogP contribution in [0.25, 0.3) is 120 Å². The zero-order valence-electron chi connectivity index (χ0n) is 32.8. The number of nitrogens with zero attached hydrogens (tertiary/aromatic N) is 4. The molecule has 13 rings (SSSR count). The van der Waals surface area contributed by atoms with Gasteiger partial charge in [0.2, 0.25) is 0 Å². The summed E-state index contributed by atoms with van der Waals surface area (Å²) in [7, 11) is 0. The van der Waals surface area contributed by atoms with E-state index in [4.69, 9.17) is 9.97 Å². The number of para-hydroxylation sites is 5. The van der Waals surface area contributed by atoms with Crippen LogP contribution in [0.4, 0.5) is 0 Å². The van der Waals surface area contributed by atoms with Crippen molar-refractivity contribution >= 4 is 86.2 Å². The largest absolute Gasteiger partial charge is 0.307 e. The van der Waals surface area contributed by atoms with Gasteiger partial charge in [-0.1, -0.05) is 152 Å². The molecule has 0 spiro atoms. The predicted octanol–water partition coefficient (Wildman–Crippen LogP) is 15.2. The molecule has 0 unspecified atom stereocenters. The zero-order chi connectivity index (χ0) is 40.0. The van der Waals surface area contributed by atoms with Crippen molar-refractivity contribution in [1.82, 2.24) is 19.1 Å². The fourth-order valence-electron chi connectivity index (χ4n) is 9.71. The van der Waals surface area contributed by atoms with Crippen LogP contribution in [0.1, 0.15) is 0 Å². The monoisotopic (exact) mass is 794 g/mol. The number of hydrogen-bond acceptors (Lipinski definition) is 3. The first-order valence-electron chi connectivity index (χ1n) is 20.7. The molecule has 284 valence electrons. The summed E-state index contributed by atoms with van der Waals surface area (Å²) >= 11 is 1.91. The number of thiophene rings is 1. The van der Waals surface area contributed by atoms with E-state index in [1.165, 1.54) is 58.3 Å². The maximum absolute atomic E-state index is 5.39. The smallest absolute Gasteiger partial charge is 0.0979 e. The maximum atomic E-state index is 5.39. The topological polar surface area (TPSA) is 35.6 Å². The van der Waals surface area contributed by atoms with Crippen LogP contribution in [0.15, 0.2) is 206 Å². The minimum Gasteiger partial charge on any atom is -0.307 e. The van der Waals surface area contributed by atoms with Crippen molar-refractivity contribution < 1.29 is 0 Å². The number of fused-ring (bicyclic) bond motifs is 13. The minimum atomic E-state index is 0.858. The Kier molecular flexibility index (Phi) is 7.44. The molecule has 0 amide bonds. The van der Waals surface area contributed by atoms with Crippen molar-refractivity contribution in [3.05, 3.63) is 206 Å². The molecule has 4 aromatic heterocycles. The molecule has 0 N–H and O–H groups in total. The molecule has 0 aliphatic heterocycles. The Morgan fingerprint density at radius 1 is 0.361 bits per heavy atom. The average Bonchev–Trinajstić information content (AvgIpc) is 4.00. The lowest BCUT2D eigenvalue weighted by Crippen LogP contribution is -2.01. The van der Waals surface area contributed by atoms with Crippen LogP contribution in [0, 0.1) is 0 Å². The van der Waals surface area contributed by atoms with E-state index in [1.54, 1.807) is 0 Å². The highest BCUT2D eigenvalue weighted by Gasteiger charge is 2.27. The first-order chi connectivity index (χ1) is 30.3. The second-order valence-electron chi connectivity index (χ2n) is 15.7. The van der Waals surface area contributed by atoms with Gasteiger partial charge < -0.3 is 9.13 Å². The van der Waals surface area contributed by atoms with E-state index in [9.17, 15) is 0 Å². The van der Waals surface area contributed by atoms with Gasteiger partial charge in [-0.15, -0.1) is 11.3 Å². The summed E-state index contributed by atoms with van der Waals surface area (Å²) in [5, 5.41) is 7.65. The van der Waals surface area contributed by atoms with E-state index in [0.29, 0.717) is 0 Å². The Bertz CT molecular complexity index is 3860. The summed E-state index contributed by atoms with van der Waals surface area (Å²) in [4.78, 5) is 10.7. The molecule has 13 aromatic rings. The maximum Gasteiger partial charge on any atom is 0.0979 e. The van der Waals surface area contributed by atoms with Crippen LogP contribution < -0.4 is 0 Å². The molecule has 61 heavy (non-hydrogen) atoms. The third-order valence-electron chi connectivity index (χ3n) is 12.3. The summed E-state index contributed by atoms with van der Waals surface area (Å²) < 4.78 is 7.63. The Labute approximate surface area is 354 Å². The van der Waals surface area contributed by atoms with E-state index in [0.717, 1.165) is 61.6 Å². The van der Waals surface area contributed by atoms with Crippen LogP contribution in [0.2, 0.25) is 0 Å². The third kappa shape index (κ3) is 5.05. The van der Waals surface area contributed by atoms with E-state index in [1.807, 2.05) is 35.6 Å². The summed E-state index contributed by atoms with van der Waals surface area (Å²) in [5.41, 5.74) is 14.7. The third-order valence-corrected chi connectivity index (χ3v) is 13.5. The molecule has 0 radical (unpaired) electrons. The molecule has 0 atom stereocenters. The lowest BCUT2D eigenvalue weighted by Gasteiger charge is -2.18. The van der Waals surface area contributed by atoms with Gasteiger partial charge in [0, 0.05) is 64.2 Å². The van der Waals surface area contributed by atoms with Crippen LogP contribution in [0.5, 0.6) is 0 Å². The second-order valence-corrected chi connectivity index (χ2v) is 16.7. The molecule has 5 heteroatoms.